The summed E-state index contributed by atoms with van der Waals surface area (Å²) in [5.74, 6) is 2.00. The van der Waals surface area contributed by atoms with Crippen molar-refractivity contribution < 1.29 is 30.4 Å². The van der Waals surface area contributed by atoms with Gasteiger partial charge in [-0.25, -0.2) is 4.98 Å². The molecule has 13 rings (SSSR count). The molecule has 0 aliphatic heterocycles. The van der Waals surface area contributed by atoms with Gasteiger partial charge in [-0.2, -0.15) is 17.7 Å². The molecule has 0 saturated heterocycles. The maximum Gasteiger partial charge on any atom is 0.268 e. The Kier molecular flexibility index (Phi) is 11.5. The van der Waals surface area contributed by atoms with Crippen LogP contribution < -0.4 is 9.30 Å². The van der Waals surface area contributed by atoms with E-state index >= 15 is 0 Å². The monoisotopic (exact) mass is 1140 g/mol. The van der Waals surface area contributed by atoms with E-state index in [4.69, 9.17) is 9.72 Å². The van der Waals surface area contributed by atoms with Gasteiger partial charge in [-0.1, -0.05) is 193 Å². The normalized spacial score (nSPS) is 12.1. The number of hydrogen-bond acceptors (Lipinski definition) is 2. The first-order valence-corrected chi connectivity index (χ1v) is 25.1. The van der Waals surface area contributed by atoms with Crippen LogP contribution in [0.25, 0.3) is 106 Å². The maximum atomic E-state index is 7.05. The number of nitrogens with zero attached hydrogens (tertiary/aromatic N) is 4. The van der Waals surface area contributed by atoms with Gasteiger partial charge in [0.05, 0.1) is 16.7 Å². The van der Waals surface area contributed by atoms with Crippen LogP contribution in [0.1, 0.15) is 52.7 Å². The molecule has 9 aromatic carbocycles. The summed E-state index contributed by atoms with van der Waals surface area (Å²) >= 11 is 0. The molecule has 74 heavy (non-hydrogen) atoms. The van der Waals surface area contributed by atoms with Crippen molar-refractivity contribution in [3.05, 3.63) is 236 Å². The van der Waals surface area contributed by atoms with Gasteiger partial charge in [-0.15, -0.1) is 29.7 Å². The number of ether oxygens (including phenoxy) is 1. The molecule has 5 nitrogen and oxygen atoms in total. The first-order chi connectivity index (χ1) is 35.4. The van der Waals surface area contributed by atoms with Crippen molar-refractivity contribution in [2.45, 2.75) is 52.4 Å². The van der Waals surface area contributed by atoms with Crippen molar-refractivity contribution in [1.82, 2.24) is 14.1 Å². The van der Waals surface area contributed by atoms with Crippen LogP contribution in [0, 0.1) is 18.5 Å². The summed E-state index contributed by atoms with van der Waals surface area (Å²) in [6.07, 6.45) is 5.74. The zero-order chi connectivity index (χ0) is 49.6. The molecular formula is C68H52N4OPt-2. The van der Waals surface area contributed by atoms with E-state index in [0.29, 0.717) is 11.5 Å². The smallest absolute Gasteiger partial charge is 0.268 e. The molecule has 0 unspecified atom stereocenters. The maximum absolute atomic E-state index is 7.05. The van der Waals surface area contributed by atoms with Crippen molar-refractivity contribution in [3.8, 4) is 84.5 Å². The van der Waals surface area contributed by atoms with Gasteiger partial charge < -0.3 is 13.9 Å². The third kappa shape index (κ3) is 8.08. The van der Waals surface area contributed by atoms with Gasteiger partial charge in [0, 0.05) is 50.0 Å². The third-order valence-corrected chi connectivity index (χ3v) is 14.4. The molecule has 12 aromatic rings. The number of aromatic nitrogens is 4. The third-order valence-electron chi connectivity index (χ3n) is 14.4. The van der Waals surface area contributed by atoms with E-state index in [0.717, 1.165) is 83.8 Å². The zero-order valence-electron chi connectivity index (χ0n) is 42.1. The van der Waals surface area contributed by atoms with E-state index < -0.39 is 0 Å². The molecule has 0 amide bonds. The summed E-state index contributed by atoms with van der Waals surface area (Å²) in [6.45, 7) is 13.5. The molecule has 1 aliphatic carbocycles. The van der Waals surface area contributed by atoms with E-state index in [1.165, 1.54) is 33.0 Å². The van der Waals surface area contributed by atoms with Gasteiger partial charge in [0.2, 0.25) is 0 Å². The fourth-order valence-corrected chi connectivity index (χ4v) is 10.7. The minimum absolute atomic E-state index is 0. The second-order valence-corrected chi connectivity index (χ2v) is 21.3. The van der Waals surface area contributed by atoms with Crippen molar-refractivity contribution >= 4 is 32.7 Å². The average Bonchev–Trinajstić information content (AvgIpc) is 3.95. The summed E-state index contributed by atoms with van der Waals surface area (Å²) in [4.78, 5) is 5.13. The molecule has 0 fully saturated rings. The van der Waals surface area contributed by atoms with E-state index in [1.54, 1.807) is 0 Å². The van der Waals surface area contributed by atoms with Gasteiger partial charge in [-0.3, -0.25) is 4.57 Å². The first kappa shape index (κ1) is 46.9. The SMILES string of the molecule is CC(C)(C)c1cc(Oc2[c-]c3c(cc2)c2c(n3-c3cc(C(C)(C)C)ccn3)-c3ccccc3-c3cccc4cccc-2c34)[c-]c(-n2[c-][n+](-c3cc(-c4ccccc4)cc(-c4ccccc4)c3)c3ccccc32)c1.[Pt]. The molecule has 0 atom stereocenters. The Hall–Kier alpha value is -8.11. The van der Waals surface area contributed by atoms with Crippen LogP contribution in [0.4, 0.5) is 0 Å². The van der Waals surface area contributed by atoms with Crippen LogP contribution in [-0.4, -0.2) is 14.1 Å². The number of benzene rings is 9. The van der Waals surface area contributed by atoms with E-state index in [1.807, 2.05) is 6.20 Å². The Morgan fingerprint density at radius 2 is 1.15 bits per heavy atom. The summed E-state index contributed by atoms with van der Waals surface area (Å²) in [6, 6.07) is 79.1. The van der Waals surface area contributed by atoms with E-state index in [-0.39, 0.29) is 31.9 Å². The molecule has 0 spiro atoms. The predicted molar refractivity (Wildman–Crippen MR) is 298 cm³/mol. The summed E-state index contributed by atoms with van der Waals surface area (Å²) in [5.41, 5.74) is 18.3. The molecule has 1 aliphatic rings. The van der Waals surface area contributed by atoms with Crippen molar-refractivity contribution in [1.29, 1.82) is 0 Å². The second kappa shape index (κ2) is 18.1. The molecule has 0 N–H and O–H groups in total. The topological polar surface area (TPSA) is 35.9 Å². The Bertz CT molecular complexity index is 4070. The summed E-state index contributed by atoms with van der Waals surface area (Å²) in [5, 5.41) is 3.52. The molecule has 362 valence electrons. The summed E-state index contributed by atoms with van der Waals surface area (Å²) in [7, 11) is 0. The van der Waals surface area contributed by atoms with Crippen LogP contribution in [-0.2, 0) is 31.9 Å². The van der Waals surface area contributed by atoms with Gasteiger partial charge >= 0.3 is 0 Å². The Labute approximate surface area is 447 Å². The van der Waals surface area contributed by atoms with Crippen LogP contribution in [0.2, 0.25) is 0 Å². The van der Waals surface area contributed by atoms with Crippen molar-refractivity contribution in [3.63, 3.8) is 0 Å². The molecule has 3 heterocycles. The van der Waals surface area contributed by atoms with E-state index in [9.17, 15) is 0 Å². The second-order valence-electron chi connectivity index (χ2n) is 21.3. The molecule has 3 aromatic heterocycles. The van der Waals surface area contributed by atoms with Crippen molar-refractivity contribution in [2.75, 3.05) is 0 Å². The predicted octanol–water partition coefficient (Wildman–Crippen LogP) is 16.8. The Morgan fingerprint density at radius 1 is 0.514 bits per heavy atom. The fourth-order valence-electron chi connectivity index (χ4n) is 10.7. The molecule has 0 saturated carbocycles. The number of fused-ring (bicyclic) bond motifs is 8. The van der Waals surface area contributed by atoms with E-state index in [2.05, 4.69) is 274 Å². The quantitative estimate of drug-likeness (QED) is 0.118. The molecule has 0 bridgehead atoms. The fraction of sp³-hybridized carbons (Fsp3) is 0.118. The molecule has 6 heteroatoms. The Morgan fingerprint density at radius 3 is 1.85 bits per heavy atom. The standard InChI is InChI=1S/C68H52N4O.Pt/c1-67(2,3)49-33-34-69-63(40-49)72-62-42-53(31-32-58(62)65-59-28-18-24-46-23-17-27-56(64(46)59)55-25-13-14-26-57(55)66(65)72)73-54-39-50(68(4,5)6)38-52(41-54)71-43-70(60-29-15-16-30-61(60)71)51-36-47(44-19-9-7-10-20-44)35-48(37-51)45-21-11-8-12-22-45;/h7-40H,1-6H3;/q-2;. The van der Waals surface area contributed by atoms with Crippen LogP contribution in [0.5, 0.6) is 11.5 Å². The zero-order valence-corrected chi connectivity index (χ0v) is 44.4. The van der Waals surface area contributed by atoms with Crippen LogP contribution in [0.3, 0.4) is 0 Å². The largest absolute Gasteiger partial charge is 0.510 e. The molecule has 0 radical (unpaired) electrons. The number of rotatable bonds is 7. The van der Waals surface area contributed by atoms with Crippen LogP contribution in [0.15, 0.2) is 206 Å². The number of imidazole rings is 1. The molecular weight excluding hydrogens is 1080 g/mol. The minimum atomic E-state index is -0.218. The van der Waals surface area contributed by atoms with Gasteiger partial charge in [-0.05, 0) is 108 Å². The average molecular weight is 1140 g/mol. The van der Waals surface area contributed by atoms with Crippen LogP contribution >= 0.6 is 0 Å². The number of hydrogen-bond donors (Lipinski definition) is 0. The minimum Gasteiger partial charge on any atom is -0.510 e. The van der Waals surface area contributed by atoms with Gasteiger partial charge in [0.25, 0.3) is 6.33 Å². The number of pyridine rings is 1. The summed E-state index contributed by atoms with van der Waals surface area (Å²) < 4.78 is 13.7. The Balaban J connectivity index is 0.00000556. The first-order valence-electron chi connectivity index (χ1n) is 25.1. The van der Waals surface area contributed by atoms with Gasteiger partial charge in [0.1, 0.15) is 5.82 Å². The number of para-hydroxylation sites is 2. The van der Waals surface area contributed by atoms with Crippen molar-refractivity contribution in [2.24, 2.45) is 0 Å². The van der Waals surface area contributed by atoms with Gasteiger partial charge in [0.15, 0.2) is 0 Å².